The summed E-state index contributed by atoms with van der Waals surface area (Å²) in [5, 5.41) is 9.93. The second-order valence-electron chi connectivity index (χ2n) is 4.75. The van der Waals surface area contributed by atoms with E-state index in [4.69, 9.17) is 16.3 Å². The van der Waals surface area contributed by atoms with Crippen molar-refractivity contribution >= 4 is 17.9 Å². The number of hydrogen-bond acceptors (Lipinski definition) is 4. The van der Waals surface area contributed by atoms with E-state index in [2.05, 4.69) is 4.90 Å². The summed E-state index contributed by atoms with van der Waals surface area (Å²) in [5.41, 5.74) is 0.476. The number of nitrogens with zero attached hydrogens (tertiary/aromatic N) is 1. The van der Waals surface area contributed by atoms with Crippen molar-refractivity contribution < 1.29 is 14.6 Å². The molecule has 0 aliphatic carbocycles. The summed E-state index contributed by atoms with van der Waals surface area (Å²) in [6, 6.07) is 5.02. The number of β-amino-alcohol motifs (C(OH)–C–C–N with tert-alkyl or cyclic N) is 1. The molecule has 4 nitrogen and oxygen atoms in total. The van der Waals surface area contributed by atoms with Gasteiger partial charge in [-0.2, -0.15) is 0 Å². The summed E-state index contributed by atoms with van der Waals surface area (Å²) >= 11 is 5.81. The Bertz CT molecular complexity index is 439. The molecule has 0 aromatic heterocycles. The summed E-state index contributed by atoms with van der Waals surface area (Å²) in [6.45, 7) is 3.15. The lowest BCUT2D eigenvalue weighted by molar-refractivity contribution is 0.111. The molecule has 1 heterocycles. The zero-order chi connectivity index (χ0) is 13.7. The lowest BCUT2D eigenvalue weighted by Gasteiger charge is -2.15. The molecule has 1 aliphatic heterocycles. The zero-order valence-corrected chi connectivity index (χ0v) is 11.5. The molecule has 1 saturated heterocycles. The Morgan fingerprint density at radius 2 is 2.37 bits per heavy atom. The standard InChI is InChI=1S/C14H18ClNO3/c15-12-2-3-14(11(8-12)10-17)19-7-1-5-16-6-4-13(18)9-16/h2-3,8,10,13,18H,1,4-7,9H2/t13-/m1/s1. The minimum atomic E-state index is -0.182. The van der Waals surface area contributed by atoms with E-state index >= 15 is 0 Å². The van der Waals surface area contributed by atoms with Crippen LogP contribution in [0.5, 0.6) is 5.75 Å². The van der Waals surface area contributed by atoms with Crippen LogP contribution in [0.25, 0.3) is 0 Å². The second kappa shape index (κ2) is 6.89. The number of ether oxygens (including phenoxy) is 1. The van der Waals surface area contributed by atoms with E-state index in [0.717, 1.165) is 38.8 Å². The van der Waals surface area contributed by atoms with Crippen LogP contribution in [-0.2, 0) is 0 Å². The molecule has 1 fully saturated rings. The molecule has 0 unspecified atom stereocenters. The monoisotopic (exact) mass is 283 g/mol. The number of likely N-dealkylation sites (tertiary alicyclic amines) is 1. The lowest BCUT2D eigenvalue weighted by atomic mass is 10.2. The van der Waals surface area contributed by atoms with Gasteiger partial charge in [0.1, 0.15) is 5.75 Å². The molecular formula is C14H18ClNO3. The SMILES string of the molecule is O=Cc1cc(Cl)ccc1OCCCN1CC[C@@H](O)C1. The van der Waals surface area contributed by atoms with E-state index in [0.29, 0.717) is 22.9 Å². The van der Waals surface area contributed by atoms with Gasteiger partial charge in [0, 0.05) is 24.7 Å². The largest absolute Gasteiger partial charge is 0.493 e. The van der Waals surface area contributed by atoms with E-state index in [1.807, 2.05) is 0 Å². The maximum absolute atomic E-state index is 10.9. The van der Waals surface area contributed by atoms with Crippen LogP contribution in [0.15, 0.2) is 18.2 Å². The van der Waals surface area contributed by atoms with Crippen LogP contribution in [0.4, 0.5) is 0 Å². The Balaban J connectivity index is 1.75. The molecule has 1 aromatic carbocycles. The summed E-state index contributed by atoms with van der Waals surface area (Å²) in [5.74, 6) is 0.570. The molecule has 1 aromatic rings. The Morgan fingerprint density at radius 3 is 3.05 bits per heavy atom. The number of rotatable bonds is 6. The van der Waals surface area contributed by atoms with Gasteiger partial charge >= 0.3 is 0 Å². The van der Waals surface area contributed by atoms with Crippen molar-refractivity contribution in [3.05, 3.63) is 28.8 Å². The minimum absolute atomic E-state index is 0.182. The van der Waals surface area contributed by atoms with E-state index in [9.17, 15) is 9.90 Å². The molecule has 5 heteroatoms. The van der Waals surface area contributed by atoms with Crippen LogP contribution < -0.4 is 4.74 Å². The van der Waals surface area contributed by atoms with Gasteiger partial charge in [-0.3, -0.25) is 4.79 Å². The molecule has 0 saturated carbocycles. The van der Waals surface area contributed by atoms with Crippen molar-refractivity contribution in [2.75, 3.05) is 26.2 Å². The number of hydrogen-bond donors (Lipinski definition) is 1. The number of benzene rings is 1. The van der Waals surface area contributed by atoms with Gasteiger partial charge in [0.05, 0.1) is 18.3 Å². The number of aldehydes is 1. The predicted octanol–water partition coefficient (Wildman–Crippen LogP) is 1.99. The number of aliphatic hydroxyl groups excluding tert-OH is 1. The molecule has 104 valence electrons. The maximum atomic E-state index is 10.9. The van der Waals surface area contributed by atoms with Crippen molar-refractivity contribution in [2.45, 2.75) is 18.9 Å². The summed E-state index contributed by atoms with van der Waals surface area (Å²) < 4.78 is 5.59. The quantitative estimate of drug-likeness (QED) is 0.641. The zero-order valence-electron chi connectivity index (χ0n) is 10.7. The molecule has 19 heavy (non-hydrogen) atoms. The Morgan fingerprint density at radius 1 is 1.53 bits per heavy atom. The summed E-state index contributed by atoms with van der Waals surface area (Å²) in [4.78, 5) is 13.1. The molecule has 1 aliphatic rings. The van der Waals surface area contributed by atoms with Gasteiger partial charge < -0.3 is 14.7 Å². The molecule has 1 N–H and O–H groups in total. The number of carbonyl (C=O) groups excluding carboxylic acids is 1. The topological polar surface area (TPSA) is 49.8 Å². The van der Waals surface area contributed by atoms with Crippen molar-refractivity contribution in [1.29, 1.82) is 0 Å². The highest BCUT2D eigenvalue weighted by Crippen LogP contribution is 2.21. The van der Waals surface area contributed by atoms with E-state index < -0.39 is 0 Å². The minimum Gasteiger partial charge on any atom is -0.493 e. The Hall–Kier alpha value is -1.10. The van der Waals surface area contributed by atoms with Gasteiger partial charge in [-0.25, -0.2) is 0 Å². The Kier molecular flexibility index (Phi) is 5.19. The summed E-state index contributed by atoms with van der Waals surface area (Å²) in [7, 11) is 0. The fourth-order valence-electron chi connectivity index (χ4n) is 2.23. The highest BCUT2D eigenvalue weighted by Gasteiger charge is 2.19. The molecular weight excluding hydrogens is 266 g/mol. The van der Waals surface area contributed by atoms with Crippen molar-refractivity contribution in [2.24, 2.45) is 0 Å². The Labute approximate surface area is 117 Å². The predicted molar refractivity (Wildman–Crippen MR) is 74.0 cm³/mol. The van der Waals surface area contributed by atoms with Crippen LogP contribution in [0.2, 0.25) is 5.02 Å². The third kappa shape index (κ3) is 4.20. The first-order valence-corrected chi connectivity index (χ1v) is 6.85. The molecule has 0 spiro atoms. The van der Waals surface area contributed by atoms with Gasteiger partial charge in [-0.05, 0) is 31.0 Å². The van der Waals surface area contributed by atoms with E-state index in [1.165, 1.54) is 0 Å². The molecule has 0 radical (unpaired) electrons. The van der Waals surface area contributed by atoms with Gasteiger partial charge in [-0.1, -0.05) is 11.6 Å². The first-order chi connectivity index (χ1) is 9.19. The highest BCUT2D eigenvalue weighted by atomic mass is 35.5. The maximum Gasteiger partial charge on any atom is 0.153 e. The van der Waals surface area contributed by atoms with Crippen molar-refractivity contribution in [3.8, 4) is 5.75 Å². The lowest BCUT2D eigenvalue weighted by Crippen LogP contribution is -2.24. The van der Waals surface area contributed by atoms with Crippen molar-refractivity contribution in [1.82, 2.24) is 4.90 Å². The average Bonchev–Trinajstić information content (AvgIpc) is 2.81. The van der Waals surface area contributed by atoms with Gasteiger partial charge in [0.2, 0.25) is 0 Å². The first kappa shape index (κ1) is 14.3. The van der Waals surface area contributed by atoms with Gasteiger partial charge in [-0.15, -0.1) is 0 Å². The summed E-state index contributed by atoms with van der Waals surface area (Å²) in [6.07, 6.45) is 2.29. The number of halogens is 1. The van der Waals surface area contributed by atoms with E-state index in [-0.39, 0.29) is 6.10 Å². The van der Waals surface area contributed by atoms with E-state index in [1.54, 1.807) is 18.2 Å². The highest BCUT2D eigenvalue weighted by molar-refractivity contribution is 6.30. The van der Waals surface area contributed by atoms with Crippen LogP contribution >= 0.6 is 11.6 Å². The smallest absolute Gasteiger partial charge is 0.153 e. The average molecular weight is 284 g/mol. The third-order valence-corrected chi connectivity index (χ3v) is 3.46. The van der Waals surface area contributed by atoms with Gasteiger partial charge in [0.25, 0.3) is 0 Å². The van der Waals surface area contributed by atoms with Crippen LogP contribution in [0.1, 0.15) is 23.2 Å². The normalized spacial score (nSPS) is 19.6. The molecule has 2 rings (SSSR count). The third-order valence-electron chi connectivity index (χ3n) is 3.22. The van der Waals surface area contributed by atoms with Crippen LogP contribution in [0.3, 0.4) is 0 Å². The number of aliphatic hydroxyl groups is 1. The van der Waals surface area contributed by atoms with Crippen LogP contribution in [0, 0.1) is 0 Å². The second-order valence-corrected chi connectivity index (χ2v) is 5.18. The fraction of sp³-hybridized carbons (Fsp3) is 0.500. The number of carbonyl (C=O) groups is 1. The fourth-order valence-corrected chi connectivity index (χ4v) is 2.41. The van der Waals surface area contributed by atoms with Crippen LogP contribution in [-0.4, -0.2) is 48.6 Å². The van der Waals surface area contributed by atoms with Gasteiger partial charge in [0.15, 0.2) is 6.29 Å². The molecule has 0 amide bonds. The molecule has 1 atom stereocenters. The molecule has 0 bridgehead atoms. The first-order valence-electron chi connectivity index (χ1n) is 6.47. The van der Waals surface area contributed by atoms with Crippen molar-refractivity contribution in [3.63, 3.8) is 0 Å².